The quantitative estimate of drug-likeness (QED) is 0.438. The van der Waals surface area contributed by atoms with Gasteiger partial charge in [-0.3, -0.25) is 0 Å². The lowest BCUT2D eigenvalue weighted by Gasteiger charge is -1.79. The van der Waals surface area contributed by atoms with Crippen molar-refractivity contribution in [1.82, 2.24) is 0 Å². The van der Waals surface area contributed by atoms with E-state index in [1.807, 2.05) is 6.07 Å². The lowest BCUT2D eigenvalue weighted by atomic mass is 10.3. The molecule has 0 aliphatic carbocycles. The van der Waals surface area contributed by atoms with Crippen LogP contribution in [0.15, 0.2) is 36.6 Å². The molecule has 0 bridgehead atoms. The lowest BCUT2D eigenvalue weighted by molar-refractivity contribution is 1.46. The number of rotatable bonds is 2. The van der Waals surface area contributed by atoms with Crippen LogP contribution in [0.1, 0.15) is 0 Å². The Bertz CT molecular complexity index is 182. The van der Waals surface area contributed by atoms with E-state index in [-0.39, 0.29) is 0 Å². The molecule has 0 spiro atoms. The molecule has 0 saturated carbocycles. The highest BCUT2D eigenvalue weighted by molar-refractivity contribution is 5.33. The SMILES string of the molecule is C=C/C=C\C(C#N)=C/N. The number of allylic oxidation sites excluding steroid dienone is 4. The summed E-state index contributed by atoms with van der Waals surface area (Å²) in [6.07, 6.45) is 6.08. The molecule has 0 fully saturated rings. The lowest BCUT2D eigenvalue weighted by Crippen LogP contribution is -1.81. The second kappa shape index (κ2) is 4.66. The average molecular weight is 120 g/mol. The molecular formula is C7H8N2. The molecule has 46 valence electrons. The molecule has 0 atom stereocenters. The van der Waals surface area contributed by atoms with Crippen LogP contribution < -0.4 is 5.73 Å². The Balaban J connectivity index is 4.05. The van der Waals surface area contributed by atoms with Gasteiger partial charge in [0.25, 0.3) is 0 Å². The highest BCUT2D eigenvalue weighted by Crippen LogP contribution is 1.90. The molecule has 0 saturated heterocycles. The Kier molecular flexibility index (Phi) is 3.89. The third kappa shape index (κ3) is 3.12. The van der Waals surface area contributed by atoms with Crippen LogP contribution in [0.4, 0.5) is 0 Å². The van der Waals surface area contributed by atoms with E-state index in [4.69, 9.17) is 11.0 Å². The van der Waals surface area contributed by atoms with Crippen molar-refractivity contribution in [3.63, 3.8) is 0 Å². The van der Waals surface area contributed by atoms with E-state index in [1.54, 1.807) is 18.2 Å². The molecule has 0 aromatic heterocycles. The largest absolute Gasteiger partial charge is 0.404 e. The van der Waals surface area contributed by atoms with Gasteiger partial charge in [0.15, 0.2) is 0 Å². The summed E-state index contributed by atoms with van der Waals surface area (Å²) in [6.45, 7) is 3.44. The highest BCUT2D eigenvalue weighted by Gasteiger charge is 1.80. The minimum atomic E-state index is 0.440. The first-order valence-electron chi connectivity index (χ1n) is 2.46. The van der Waals surface area contributed by atoms with E-state index >= 15 is 0 Å². The Labute approximate surface area is 54.6 Å². The predicted octanol–water partition coefficient (Wildman–Crippen LogP) is 1.09. The van der Waals surface area contributed by atoms with E-state index in [0.29, 0.717) is 5.57 Å². The van der Waals surface area contributed by atoms with Gasteiger partial charge < -0.3 is 5.73 Å². The Morgan fingerprint density at radius 2 is 2.33 bits per heavy atom. The predicted molar refractivity (Wildman–Crippen MR) is 37.2 cm³/mol. The van der Waals surface area contributed by atoms with Crippen molar-refractivity contribution in [1.29, 1.82) is 5.26 Å². The van der Waals surface area contributed by atoms with Gasteiger partial charge in [-0.05, 0) is 6.08 Å². The average Bonchev–Trinajstić information content (AvgIpc) is 1.91. The molecule has 0 rings (SSSR count). The van der Waals surface area contributed by atoms with Crippen LogP contribution in [-0.4, -0.2) is 0 Å². The van der Waals surface area contributed by atoms with Crippen LogP contribution in [0.5, 0.6) is 0 Å². The van der Waals surface area contributed by atoms with Crippen molar-refractivity contribution >= 4 is 0 Å². The molecule has 0 aromatic carbocycles. The second-order valence-corrected chi connectivity index (χ2v) is 1.33. The Hall–Kier alpha value is -1.49. The van der Waals surface area contributed by atoms with Crippen LogP contribution in [-0.2, 0) is 0 Å². The first-order valence-corrected chi connectivity index (χ1v) is 2.46. The summed E-state index contributed by atoms with van der Waals surface area (Å²) in [4.78, 5) is 0. The van der Waals surface area contributed by atoms with E-state index in [2.05, 4.69) is 6.58 Å². The van der Waals surface area contributed by atoms with Gasteiger partial charge in [0.2, 0.25) is 0 Å². The molecule has 2 N–H and O–H groups in total. The van der Waals surface area contributed by atoms with Crippen molar-refractivity contribution < 1.29 is 0 Å². The number of nitrogens with two attached hydrogens (primary N) is 1. The van der Waals surface area contributed by atoms with Crippen LogP contribution in [0.2, 0.25) is 0 Å². The van der Waals surface area contributed by atoms with Gasteiger partial charge in [-0.15, -0.1) is 0 Å². The van der Waals surface area contributed by atoms with Crippen molar-refractivity contribution in [3.05, 3.63) is 36.6 Å². The molecule has 0 aliphatic heterocycles. The first-order chi connectivity index (χ1) is 4.35. The second-order valence-electron chi connectivity index (χ2n) is 1.33. The van der Waals surface area contributed by atoms with E-state index in [9.17, 15) is 0 Å². The minimum Gasteiger partial charge on any atom is -0.404 e. The van der Waals surface area contributed by atoms with Gasteiger partial charge in [0.1, 0.15) is 6.07 Å². The van der Waals surface area contributed by atoms with Gasteiger partial charge in [0, 0.05) is 6.20 Å². The van der Waals surface area contributed by atoms with Crippen molar-refractivity contribution in [2.45, 2.75) is 0 Å². The van der Waals surface area contributed by atoms with Crippen LogP contribution in [0, 0.1) is 11.3 Å². The molecule has 0 amide bonds. The summed E-state index contributed by atoms with van der Waals surface area (Å²) < 4.78 is 0. The summed E-state index contributed by atoms with van der Waals surface area (Å²) in [7, 11) is 0. The maximum Gasteiger partial charge on any atom is 0.101 e. The van der Waals surface area contributed by atoms with Crippen LogP contribution in [0.25, 0.3) is 0 Å². The van der Waals surface area contributed by atoms with Crippen LogP contribution in [0.3, 0.4) is 0 Å². The Morgan fingerprint density at radius 1 is 1.67 bits per heavy atom. The summed E-state index contributed by atoms with van der Waals surface area (Å²) in [5, 5.41) is 8.27. The van der Waals surface area contributed by atoms with Gasteiger partial charge in [-0.2, -0.15) is 5.26 Å². The smallest absolute Gasteiger partial charge is 0.101 e. The zero-order valence-corrected chi connectivity index (χ0v) is 5.04. The fraction of sp³-hybridized carbons (Fsp3) is 0. The first kappa shape index (κ1) is 7.51. The molecular weight excluding hydrogens is 112 g/mol. The molecule has 0 aromatic rings. The zero-order valence-electron chi connectivity index (χ0n) is 5.04. The fourth-order valence-corrected chi connectivity index (χ4v) is 0.302. The van der Waals surface area contributed by atoms with Crippen molar-refractivity contribution in [2.75, 3.05) is 0 Å². The molecule has 0 unspecified atom stereocenters. The third-order valence-corrected chi connectivity index (χ3v) is 0.721. The molecule has 0 heterocycles. The maximum atomic E-state index is 8.27. The maximum absolute atomic E-state index is 8.27. The minimum absolute atomic E-state index is 0.440. The van der Waals surface area contributed by atoms with Crippen molar-refractivity contribution in [3.8, 4) is 6.07 Å². The number of nitrogens with zero attached hydrogens (tertiary/aromatic N) is 1. The van der Waals surface area contributed by atoms with Crippen molar-refractivity contribution in [2.24, 2.45) is 5.73 Å². The molecule has 9 heavy (non-hydrogen) atoms. The molecule has 2 heteroatoms. The zero-order chi connectivity index (χ0) is 7.11. The summed E-state index contributed by atoms with van der Waals surface area (Å²) in [6, 6.07) is 1.89. The molecule has 2 nitrogen and oxygen atoms in total. The number of nitriles is 1. The van der Waals surface area contributed by atoms with E-state index < -0.39 is 0 Å². The van der Waals surface area contributed by atoms with Gasteiger partial charge in [-0.25, -0.2) is 0 Å². The highest BCUT2D eigenvalue weighted by atomic mass is 14.5. The fourth-order valence-electron chi connectivity index (χ4n) is 0.302. The Morgan fingerprint density at radius 3 is 2.67 bits per heavy atom. The monoisotopic (exact) mass is 120 g/mol. The topological polar surface area (TPSA) is 49.8 Å². The number of hydrogen-bond acceptors (Lipinski definition) is 2. The van der Waals surface area contributed by atoms with Gasteiger partial charge >= 0.3 is 0 Å². The summed E-state index contributed by atoms with van der Waals surface area (Å²) in [5.74, 6) is 0. The standard InChI is InChI=1S/C7H8N2/c1-2-3-4-7(5-8)6-9/h2-5H,1,8H2/b4-3-,7-5+. The van der Waals surface area contributed by atoms with E-state index in [1.165, 1.54) is 6.20 Å². The van der Waals surface area contributed by atoms with Crippen LogP contribution >= 0.6 is 0 Å². The van der Waals surface area contributed by atoms with Gasteiger partial charge in [-0.1, -0.05) is 18.7 Å². The third-order valence-electron chi connectivity index (χ3n) is 0.721. The molecule has 0 radical (unpaired) electrons. The summed E-state index contributed by atoms with van der Waals surface area (Å²) in [5.41, 5.74) is 5.49. The van der Waals surface area contributed by atoms with Gasteiger partial charge in [0.05, 0.1) is 5.57 Å². The molecule has 0 aliphatic rings. The summed E-state index contributed by atoms with van der Waals surface area (Å²) >= 11 is 0. The van der Waals surface area contributed by atoms with E-state index in [0.717, 1.165) is 0 Å². The number of hydrogen-bond donors (Lipinski definition) is 1. The normalized spacial score (nSPS) is 11.2.